The van der Waals surface area contributed by atoms with Gasteiger partial charge in [0.05, 0.1) is 0 Å². The van der Waals surface area contributed by atoms with Crippen LogP contribution in [0.4, 0.5) is 0 Å². The van der Waals surface area contributed by atoms with Crippen molar-refractivity contribution in [3.63, 3.8) is 0 Å². The third kappa shape index (κ3) is 2.73. The molecule has 0 aliphatic rings. The Balaban J connectivity index is 2.29. The predicted molar refractivity (Wildman–Crippen MR) is 80.1 cm³/mol. The second-order valence-corrected chi connectivity index (χ2v) is 4.97. The van der Waals surface area contributed by atoms with Gasteiger partial charge in [-0.3, -0.25) is 0 Å². The number of hydrogen-bond donors (Lipinski definition) is 1. The molecule has 0 spiro atoms. The molecule has 0 saturated heterocycles. The normalized spacial score (nSPS) is 14.6. The first kappa shape index (κ1) is 13.1. The van der Waals surface area contributed by atoms with Gasteiger partial charge in [0.2, 0.25) is 0 Å². The Bertz CT molecular complexity index is 504. The first-order valence-corrected chi connectivity index (χ1v) is 6.98. The summed E-state index contributed by atoms with van der Waals surface area (Å²) in [5, 5.41) is 6.24. The summed E-state index contributed by atoms with van der Waals surface area (Å²) in [7, 11) is 0. The van der Waals surface area contributed by atoms with Gasteiger partial charge in [-0.25, -0.2) is 0 Å². The summed E-state index contributed by atoms with van der Waals surface area (Å²) in [5.74, 6) is 0.555. The van der Waals surface area contributed by atoms with Gasteiger partial charge in [-0.1, -0.05) is 63.2 Å². The molecule has 0 aliphatic carbocycles. The molecule has 0 aliphatic heterocycles. The van der Waals surface area contributed by atoms with Crippen LogP contribution in [0, 0.1) is 0 Å². The molecule has 2 aromatic carbocycles. The number of likely N-dealkylation sites (N-methyl/N-ethyl adjacent to an activating group) is 1. The van der Waals surface area contributed by atoms with Crippen molar-refractivity contribution in [2.75, 3.05) is 6.54 Å². The van der Waals surface area contributed by atoms with E-state index in [1.165, 1.54) is 22.8 Å². The maximum atomic E-state index is 3.58. The van der Waals surface area contributed by atoms with Gasteiger partial charge in [-0.2, -0.15) is 0 Å². The fraction of sp³-hybridized carbons (Fsp3) is 0.412. The van der Waals surface area contributed by atoms with Crippen LogP contribution in [0.1, 0.15) is 38.7 Å². The summed E-state index contributed by atoms with van der Waals surface area (Å²) in [6.07, 6.45) is 1.17. The number of nitrogens with one attached hydrogen (secondary N) is 1. The minimum atomic E-state index is 0.555. The summed E-state index contributed by atoms with van der Waals surface area (Å²) < 4.78 is 0. The lowest BCUT2D eigenvalue weighted by Gasteiger charge is -2.24. The highest BCUT2D eigenvalue weighted by Gasteiger charge is 2.16. The Morgan fingerprint density at radius 1 is 1.00 bits per heavy atom. The van der Waals surface area contributed by atoms with Crippen molar-refractivity contribution in [3.05, 3.63) is 48.0 Å². The molecule has 1 nitrogen and oxygen atoms in total. The van der Waals surface area contributed by atoms with Crippen LogP contribution in [0.3, 0.4) is 0 Å². The van der Waals surface area contributed by atoms with E-state index in [4.69, 9.17) is 0 Å². The molecule has 0 fully saturated rings. The smallest absolute Gasteiger partial charge is 0.0130 e. The van der Waals surface area contributed by atoms with E-state index in [2.05, 4.69) is 68.6 Å². The third-order valence-corrected chi connectivity index (χ3v) is 3.81. The van der Waals surface area contributed by atoms with Gasteiger partial charge in [0.25, 0.3) is 0 Å². The molecule has 0 heterocycles. The van der Waals surface area contributed by atoms with Crippen molar-refractivity contribution >= 4 is 10.8 Å². The maximum absolute atomic E-state index is 3.58. The number of benzene rings is 2. The van der Waals surface area contributed by atoms with E-state index in [0.29, 0.717) is 12.0 Å². The molecule has 2 atom stereocenters. The minimum absolute atomic E-state index is 0.555. The van der Waals surface area contributed by atoms with Crippen molar-refractivity contribution in [1.29, 1.82) is 0 Å². The van der Waals surface area contributed by atoms with Gasteiger partial charge in [0.1, 0.15) is 0 Å². The lowest BCUT2D eigenvalue weighted by atomic mass is 9.90. The van der Waals surface area contributed by atoms with E-state index in [1.54, 1.807) is 0 Å². The highest BCUT2D eigenvalue weighted by molar-refractivity contribution is 5.83. The molecule has 0 radical (unpaired) electrons. The largest absolute Gasteiger partial charge is 0.314 e. The summed E-state index contributed by atoms with van der Waals surface area (Å²) in [6.45, 7) is 7.79. The Morgan fingerprint density at radius 2 is 1.72 bits per heavy atom. The van der Waals surface area contributed by atoms with Crippen LogP contribution in [-0.4, -0.2) is 12.6 Å². The first-order valence-electron chi connectivity index (χ1n) is 6.98. The first-order chi connectivity index (χ1) is 8.76. The Hall–Kier alpha value is -1.34. The molecule has 2 aromatic rings. The van der Waals surface area contributed by atoms with E-state index in [0.717, 1.165) is 6.54 Å². The van der Waals surface area contributed by atoms with Crippen LogP contribution in [-0.2, 0) is 0 Å². The molecular weight excluding hydrogens is 218 g/mol. The molecular formula is C17H23N. The molecule has 0 bridgehead atoms. The van der Waals surface area contributed by atoms with Crippen LogP contribution < -0.4 is 5.32 Å². The van der Waals surface area contributed by atoms with Gasteiger partial charge in [-0.15, -0.1) is 0 Å². The third-order valence-electron chi connectivity index (χ3n) is 3.81. The zero-order chi connectivity index (χ0) is 13.0. The second-order valence-electron chi connectivity index (χ2n) is 4.97. The Kier molecular flexibility index (Phi) is 4.38. The van der Waals surface area contributed by atoms with Gasteiger partial charge in [-0.05, 0) is 35.2 Å². The number of hydrogen-bond acceptors (Lipinski definition) is 1. The highest BCUT2D eigenvalue weighted by atomic mass is 14.9. The summed E-state index contributed by atoms with van der Waals surface area (Å²) in [5.41, 5.74) is 1.43. The summed E-state index contributed by atoms with van der Waals surface area (Å²) in [4.78, 5) is 0. The van der Waals surface area contributed by atoms with E-state index in [1.807, 2.05) is 0 Å². The van der Waals surface area contributed by atoms with Gasteiger partial charge in [0.15, 0.2) is 0 Å². The number of rotatable bonds is 5. The van der Waals surface area contributed by atoms with Crippen LogP contribution in [0.25, 0.3) is 10.8 Å². The van der Waals surface area contributed by atoms with Crippen molar-refractivity contribution in [1.82, 2.24) is 5.32 Å². The van der Waals surface area contributed by atoms with Crippen molar-refractivity contribution in [3.8, 4) is 0 Å². The van der Waals surface area contributed by atoms with Crippen LogP contribution in [0.5, 0.6) is 0 Å². The van der Waals surface area contributed by atoms with E-state index in [9.17, 15) is 0 Å². The molecule has 2 rings (SSSR count). The van der Waals surface area contributed by atoms with Crippen molar-refractivity contribution < 1.29 is 0 Å². The van der Waals surface area contributed by atoms with Crippen LogP contribution in [0.2, 0.25) is 0 Å². The zero-order valence-corrected chi connectivity index (χ0v) is 11.6. The van der Waals surface area contributed by atoms with E-state index >= 15 is 0 Å². The molecule has 0 amide bonds. The SMILES string of the molecule is CCNC(CC)C(C)c1ccc2ccccc2c1. The maximum Gasteiger partial charge on any atom is 0.0130 e. The zero-order valence-electron chi connectivity index (χ0n) is 11.6. The molecule has 96 valence electrons. The van der Waals surface area contributed by atoms with E-state index < -0.39 is 0 Å². The van der Waals surface area contributed by atoms with Gasteiger partial charge >= 0.3 is 0 Å². The molecule has 18 heavy (non-hydrogen) atoms. The highest BCUT2D eigenvalue weighted by Crippen LogP contribution is 2.25. The van der Waals surface area contributed by atoms with Crippen LogP contribution in [0.15, 0.2) is 42.5 Å². The molecule has 1 heteroatoms. The lowest BCUT2D eigenvalue weighted by Crippen LogP contribution is -2.32. The van der Waals surface area contributed by atoms with Crippen molar-refractivity contribution in [2.24, 2.45) is 0 Å². The quantitative estimate of drug-likeness (QED) is 0.821. The van der Waals surface area contributed by atoms with E-state index in [-0.39, 0.29) is 0 Å². The predicted octanol–water partition coefficient (Wildman–Crippen LogP) is 4.33. The molecule has 0 aromatic heterocycles. The fourth-order valence-corrected chi connectivity index (χ4v) is 2.66. The van der Waals surface area contributed by atoms with Crippen LogP contribution >= 0.6 is 0 Å². The fourth-order valence-electron chi connectivity index (χ4n) is 2.66. The van der Waals surface area contributed by atoms with Crippen molar-refractivity contribution in [2.45, 2.75) is 39.2 Å². The summed E-state index contributed by atoms with van der Waals surface area (Å²) in [6, 6.07) is 16.0. The topological polar surface area (TPSA) is 12.0 Å². The molecule has 2 unspecified atom stereocenters. The standard InChI is InChI=1S/C17H23N/c1-4-17(18-5-2)13(3)15-11-10-14-8-6-7-9-16(14)12-15/h6-13,17-18H,4-5H2,1-3H3. The lowest BCUT2D eigenvalue weighted by molar-refractivity contribution is 0.449. The second kappa shape index (κ2) is 6.01. The number of fused-ring (bicyclic) bond motifs is 1. The Morgan fingerprint density at radius 3 is 2.39 bits per heavy atom. The minimum Gasteiger partial charge on any atom is -0.314 e. The Labute approximate surface area is 110 Å². The summed E-state index contributed by atoms with van der Waals surface area (Å²) >= 11 is 0. The average molecular weight is 241 g/mol. The molecule has 0 saturated carbocycles. The monoisotopic (exact) mass is 241 g/mol. The average Bonchev–Trinajstić information content (AvgIpc) is 2.43. The molecule has 1 N–H and O–H groups in total. The van der Waals surface area contributed by atoms with Gasteiger partial charge < -0.3 is 5.32 Å². The van der Waals surface area contributed by atoms with Gasteiger partial charge in [0, 0.05) is 6.04 Å².